The third kappa shape index (κ3) is 2.79. The summed E-state index contributed by atoms with van der Waals surface area (Å²) in [5.41, 5.74) is -0.569. The first kappa shape index (κ1) is 12.6. The van der Waals surface area contributed by atoms with Gasteiger partial charge in [0.05, 0.1) is 12.1 Å². The lowest BCUT2D eigenvalue weighted by Gasteiger charge is -2.28. The van der Waals surface area contributed by atoms with Crippen LogP contribution in [-0.2, 0) is 11.3 Å². The van der Waals surface area contributed by atoms with E-state index in [4.69, 9.17) is 0 Å². The molecule has 1 heterocycles. The van der Waals surface area contributed by atoms with Gasteiger partial charge in [0, 0.05) is 7.05 Å². The van der Waals surface area contributed by atoms with Gasteiger partial charge >= 0.3 is 0 Å². The summed E-state index contributed by atoms with van der Waals surface area (Å²) in [6.07, 6.45) is 0. The molecule has 1 amide bonds. The van der Waals surface area contributed by atoms with Crippen molar-refractivity contribution in [2.45, 2.75) is 32.9 Å². The maximum Gasteiger partial charge on any atom is 0.242 e. The van der Waals surface area contributed by atoms with Gasteiger partial charge in [-0.2, -0.15) is 5.10 Å². The number of aromatic nitrogens is 3. The molecular formula is C10H19N5O. The molecule has 0 aliphatic carbocycles. The number of hydrogen-bond acceptors (Lipinski definition) is 4. The SMILES string of the molecule is CNC(C)(C)C(=O)N(C)Cc1n[nH]c(C)n1. The van der Waals surface area contributed by atoms with Gasteiger partial charge in [-0.1, -0.05) is 0 Å². The number of aromatic amines is 1. The van der Waals surface area contributed by atoms with E-state index in [1.807, 2.05) is 20.8 Å². The van der Waals surface area contributed by atoms with Gasteiger partial charge in [-0.05, 0) is 27.8 Å². The Hall–Kier alpha value is -1.43. The maximum atomic E-state index is 12.0. The zero-order valence-electron chi connectivity index (χ0n) is 10.5. The molecule has 6 nitrogen and oxygen atoms in total. The molecule has 6 heteroatoms. The molecule has 0 fully saturated rings. The minimum absolute atomic E-state index is 0.0115. The number of nitrogens with zero attached hydrogens (tertiary/aromatic N) is 3. The highest BCUT2D eigenvalue weighted by Gasteiger charge is 2.28. The zero-order valence-corrected chi connectivity index (χ0v) is 10.5. The Labute approximate surface area is 95.4 Å². The minimum Gasteiger partial charge on any atom is -0.337 e. The Kier molecular flexibility index (Phi) is 3.64. The topological polar surface area (TPSA) is 73.9 Å². The lowest BCUT2D eigenvalue weighted by molar-refractivity contribution is -0.136. The average Bonchev–Trinajstić information content (AvgIpc) is 2.62. The molecule has 1 rings (SSSR count). The van der Waals surface area contributed by atoms with E-state index < -0.39 is 5.54 Å². The highest BCUT2D eigenvalue weighted by Crippen LogP contribution is 2.07. The van der Waals surface area contributed by atoms with E-state index >= 15 is 0 Å². The third-order valence-electron chi connectivity index (χ3n) is 2.53. The Morgan fingerprint density at radius 1 is 1.56 bits per heavy atom. The van der Waals surface area contributed by atoms with E-state index in [0.29, 0.717) is 12.4 Å². The Balaban J connectivity index is 2.65. The lowest BCUT2D eigenvalue weighted by Crippen LogP contribution is -2.51. The van der Waals surface area contributed by atoms with Crippen molar-refractivity contribution in [2.75, 3.05) is 14.1 Å². The van der Waals surface area contributed by atoms with E-state index in [9.17, 15) is 4.79 Å². The summed E-state index contributed by atoms with van der Waals surface area (Å²) >= 11 is 0. The van der Waals surface area contributed by atoms with Gasteiger partial charge in [0.15, 0.2) is 5.82 Å². The second-order valence-electron chi connectivity index (χ2n) is 4.37. The largest absolute Gasteiger partial charge is 0.337 e. The fraction of sp³-hybridized carbons (Fsp3) is 0.700. The van der Waals surface area contributed by atoms with Crippen LogP contribution in [0.2, 0.25) is 0 Å². The van der Waals surface area contributed by atoms with Gasteiger partial charge in [0.2, 0.25) is 5.91 Å². The van der Waals surface area contributed by atoms with Crippen LogP contribution in [0.5, 0.6) is 0 Å². The molecule has 0 saturated carbocycles. The molecule has 0 unspecified atom stereocenters. The summed E-state index contributed by atoms with van der Waals surface area (Å²) < 4.78 is 0. The standard InChI is InChI=1S/C10H19N5O/c1-7-12-8(14-13-7)6-15(5)9(16)10(2,3)11-4/h11H,6H2,1-5H3,(H,12,13,14). The molecule has 0 spiro atoms. The van der Waals surface area contributed by atoms with Crippen molar-refractivity contribution in [1.82, 2.24) is 25.4 Å². The Morgan fingerprint density at radius 3 is 2.62 bits per heavy atom. The van der Waals surface area contributed by atoms with Crippen LogP contribution >= 0.6 is 0 Å². The number of aryl methyl sites for hydroxylation is 1. The number of carbonyl (C=O) groups excluding carboxylic acids is 1. The molecule has 0 bridgehead atoms. The van der Waals surface area contributed by atoms with Crippen LogP contribution in [0.1, 0.15) is 25.5 Å². The van der Waals surface area contributed by atoms with Crippen LogP contribution < -0.4 is 5.32 Å². The third-order valence-corrected chi connectivity index (χ3v) is 2.53. The second-order valence-corrected chi connectivity index (χ2v) is 4.37. The monoisotopic (exact) mass is 225 g/mol. The van der Waals surface area contributed by atoms with Crippen molar-refractivity contribution in [1.29, 1.82) is 0 Å². The van der Waals surface area contributed by atoms with Gasteiger partial charge < -0.3 is 10.2 Å². The first-order valence-corrected chi connectivity index (χ1v) is 5.19. The molecule has 0 saturated heterocycles. The number of likely N-dealkylation sites (N-methyl/N-ethyl adjacent to an activating group) is 2. The number of nitrogens with one attached hydrogen (secondary N) is 2. The molecule has 16 heavy (non-hydrogen) atoms. The van der Waals surface area contributed by atoms with Gasteiger partial charge in [-0.15, -0.1) is 0 Å². The van der Waals surface area contributed by atoms with E-state index in [1.165, 1.54) is 0 Å². The molecule has 0 radical (unpaired) electrons. The number of H-pyrrole nitrogens is 1. The fourth-order valence-electron chi connectivity index (χ4n) is 1.33. The van der Waals surface area contributed by atoms with Crippen molar-refractivity contribution in [3.63, 3.8) is 0 Å². The van der Waals surface area contributed by atoms with Crippen LogP contribution in [0.3, 0.4) is 0 Å². The predicted molar refractivity (Wildman–Crippen MR) is 60.7 cm³/mol. The van der Waals surface area contributed by atoms with Crippen LogP contribution in [-0.4, -0.2) is 45.6 Å². The molecular weight excluding hydrogens is 206 g/mol. The molecule has 90 valence electrons. The smallest absolute Gasteiger partial charge is 0.242 e. The number of hydrogen-bond donors (Lipinski definition) is 2. The predicted octanol–water partition coefficient (Wildman–Crippen LogP) is 0.0695. The van der Waals surface area contributed by atoms with Gasteiger partial charge in [0.25, 0.3) is 0 Å². The van der Waals surface area contributed by atoms with Gasteiger partial charge in [-0.3, -0.25) is 9.89 Å². The van der Waals surface area contributed by atoms with Crippen molar-refractivity contribution >= 4 is 5.91 Å². The van der Waals surface area contributed by atoms with E-state index in [0.717, 1.165) is 5.82 Å². The lowest BCUT2D eigenvalue weighted by atomic mass is 10.0. The summed E-state index contributed by atoms with van der Waals surface area (Å²) in [4.78, 5) is 17.8. The first-order valence-electron chi connectivity index (χ1n) is 5.19. The normalized spacial score (nSPS) is 11.6. The molecule has 1 aromatic heterocycles. The van der Waals surface area contributed by atoms with Crippen LogP contribution in [0.4, 0.5) is 0 Å². The molecule has 0 aliphatic heterocycles. The summed E-state index contributed by atoms with van der Waals surface area (Å²) in [5.74, 6) is 1.39. The summed E-state index contributed by atoms with van der Waals surface area (Å²) in [6.45, 7) is 5.92. The van der Waals surface area contributed by atoms with Crippen LogP contribution in [0.15, 0.2) is 0 Å². The highest BCUT2D eigenvalue weighted by molar-refractivity contribution is 5.85. The quantitative estimate of drug-likeness (QED) is 0.760. The van der Waals surface area contributed by atoms with Crippen LogP contribution in [0.25, 0.3) is 0 Å². The fourth-order valence-corrected chi connectivity index (χ4v) is 1.33. The average molecular weight is 225 g/mol. The maximum absolute atomic E-state index is 12.0. The van der Waals surface area contributed by atoms with E-state index in [2.05, 4.69) is 20.5 Å². The summed E-state index contributed by atoms with van der Waals surface area (Å²) in [5, 5.41) is 9.72. The van der Waals surface area contributed by atoms with Crippen molar-refractivity contribution in [3.05, 3.63) is 11.6 Å². The zero-order chi connectivity index (χ0) is 12.3. The first-order chi connectivity index (χ1) is 7.36. The van der Waals surface area contributed by atoms with E-state index in [-0.39, 0.29) is 5.91 Å². The highest BCUT2D eigenvalue weighted by atomic mass is 16.2. The van der Waals surface area contributed by atoms with Crippen molar-refractivity contribution in [3.8, 4) is 0 Å². The number of carbonyl (C=O) groups is 1. The summed E-state index contributed by atoms with van der Waals surface area (Å²) in [6, 6.07) is 0. The van der Waals surface area contributed by atoms with Gasteiger partial charge in [0.1, 0.15) is 5.82 Å². The Morgan fingerprint density at radius 2 is 2.19 bits per heavy atom. The summed E-state index contributed by atoms with van der Waals surface area (Å²) in [7, 11) is 3.51. The van der Waals surface area contributed by atoms with Crippen molar-refractivity contribution < 1.29 is 4.79 Å². The second kappa shape index (κ2) is 4.61. The number of amides is 1. The molecule has 2 N–H and O–H groups in total. The molecule has 0 aliphatic rings. The Bertz CT molecular complexity index is 371. The molecule has 1 aromatic rings. The molecule has 0 aromatic carbocycles. The minimum atomic E-state index is -0.569. The molecule has 0 atom stereocenters. The van der Waals surface area contributed by atoms with Crippen molar-refractivity contribution in [2.24, 2.45) is 0 Å². The van der Waals surface area contributed by atoms with Crippen LogP contribution in [0, 0.1) is 6.92 Å². The van der Waals surface area contributed by atoms with E-state index in [1.54, 1.807) is 19.0 Å². The number of rotatable bonds is 4. The van der Waals surface area contributed by atoms with Gasteiger partial charge in [-0.25, -0.2) is 4.98 Å².